The molecule has 2 heterocycles. The second-order valence-electron chi connectivity index (χ2n) is 6.50. The van der Waals surface area contributed by atoms with E-state index in [0.29, 0.717) is 30.7 Å². The Morgan fingerprint density at radius 2 is 2.26 bits per heavy atom. The summed E-state index contributed by atoms with van der Waals surface area (Å²) in [5.41, 5.74) is 11.0. The molecule has 0 spiro atoms. The van der Waals surface area contributed by atoms with Crippen LogP contribution in [0.25, 0.3) is 0 Å². The SMILES string of the molecule is C#CC(N)(CCCN)CNC1C(=O)N2C(C(=O)O)=C(COC(C)=O)CSC12. The van der Waals surface area contributed by atoms with Crippen LogP contribution in [0.1, 0.15) is 19.8 Å². The van der Waals surface area contributed by atoms with Gasteiger partial charge < -0.3 is 26.6 Å². The average Bonchev–Trinajstić information content (AvgIpc) is 2.63. The fourth-order valence-corrected chi connectivity index (χ4v) is 4.31. The Hall–Kier alpha value is -2.06. The highest BCUT2D eigenvalue weighted by Gasteiger charge is 2.53. The minimum atomic E-state index is -1.23. The number of carboxylic acids is 1. The van der Waals surface area contributed by atoms with Gasteiger partial charge in [0.05, 0.1) is 5.54 Å². The van der Waals surface area contributed by atoms with Crippen molar-refractivity contribution < 1.29 is 24.2 Å². The summed E-state index contributed by atoms with van der Waals surface area (Å²) in [6.07, 6.45) is 6.69. The number of carbonyl (C=O) groups is 3. The molecule has 2 rings (SSSR count). The van der Waals surface area contributed by atoms with E-state index in [1.807, 2.05) is 0 Å². The van der Waals surface area contributed by atoms with Gasteiger partial charge in [-0.2, -0.15) is 0 Å². The lowest BCUT2D eigenvalue weighted by molar-refractivity contribution is -0.149. The normalized spacial score (nSPS) is 23.8. The van der Waals surface area contributed by atoms with Gasteiger partial charge in [-0.05, 0) is 19.4 Å². The second kappa shape index (κ2) is 8.75. The number of thioether (sulfide) groups is 1. The fraction of sp³-hybridized carbons (Fsp3) is 0.588. The largest absolute Gasteiger partial charge is 0.477 e. The van der Waals surface area contributed by atoms with Crippen LogP contribution in [0.2, 0.25) is 0 Å². The molecule has 0 bridgehead atoms. The van der Waals surface area contributed by atoms with E-state index in [-0.39, 0.29) is 30.1 Å². The number of esters is 1. The zero-order valence-corrected chi connectivity index (χ0v) is 15.9. The maximum atomic E-state index is 12.5. The van der Waals surface area contributed by atoms with Gasteiger partial charge in [-0.3, -0.25) is 14.5 Å². The highest BCUT2D eigenvalue weighted by molar-refractivity contribution is 8.00. The summed E-state index contributed by atoms with van der Waals surface area (Å²) >= 11 is 1.40. The Morgan fingerprint density at radius 1 is 1.56 bits per heavy atom. The van der Waals surface area contributed by atoms with E-state index in [1.54, 1.807) is 0 Å². The smallest absolute Gasteiger partial charge is 0.352 e. The Balaban J connectivity index is 2.07. The number of fused-ring (bicyclic) bond motifs is 1. The molecule has 9 nitrogen and oxygen atoms in total. The Morgan fingerprint density at radius 3 is 2.81 bits per heavy atom. The van der Waals surface area contributed by atoms with Crippen molar-refractivity contribution >= 4 is 29.6 Å². The predicted molar refractivity (Wildman–Crippen MR) is 100 cm³/mol. The van der Waals surface area contributed by atoms with E-state index in [9.17, 15) is 19.5 Å². The second-order valence-corrected chi connectivity index (χ2v) is 7.60. The van der Waals surface area contributed by atoms with Crippen molar-refractivity contribution in [1.82, 2.24) is 10.2 Å². The Labute approximate surface area is 161 Å². The molecule has 0 saturated carbocycles. The van der Waals surface area contributed by atoms with Crippen LogP contribution in [-0.4, -0.2) is 70.3 Å². The van der Waals surface area contributed by atoms with Crippen molar-refractivity contribution in [3.63, 3.8) is 0 Å². The fourth-order valence-electron chi connectivity index (χ4n) is 2.96. The predicted octanol–water partition coefficient (Wildman–Crippen LogP) is -1.17. The molecule has 1 amide bonds. The summed E-state index contributed by atoms with van der Waals surface area (Å²) in [6, 6.07) is -0.575. The van der Waals surface area contributed by atoms with Crippen molar-refractivity contribution in [2.24, 2.45) is 11.5 Å². The standard InChI is InChI=1S/C17H24N4O5S/c1-3-17(19,5-4-6-18)9-20-12-14(23)21-13(16(24)25)11(7-26-10(2)22)8-27-15(12)21/h1,12,15,20H,4-9,18-19H2,2H3,(H,24,25). The van der Waals surface area contributed by atoms with Crippen molar-refractivity contribution in [2.45, 2.75) is 36.7 Å². The van der Waals surface area contributed by atoms with Gasteiger partial charge in [0.15, 0.2) is 0 Å². The number of nitrogens with zero attached hydrogens (tertiary/aromatic N) is 1. The molecule has 0 aromatic carbocycles. The minimum Gasteiger partial charge on any atom is -0.477 e. The number of ether oxygens (including phenoxy) is 1. The summed E-state index contributed by atoms with van der Waals surface area (Å²) in [6.45, 7) is 1.77. The van der Waals surface area contributed by atoms with Crippen LogP contribution in [0.5, 0.6) is 0 Å². The molecule has 0 aromatic rings. The lowest BCUT2D eigenvalue weighted by Gasteiger charge is -2.50. The first-order valence-electron chi connectivity index (χ1n) is 8.47. The number of hydrogen-bond donors (Lipinski definition) is 4. The zero-order valence-electron chi connectivity index (χ0n) is 15.1. The first kappa shape index (κ1) is 21.2. The van der Waals surface area contributed by atoms with Crippen molar-refractivity contribution in [3.05, 3.63) is 11.3 Å². The number of nitrogens with one attached hydrogen (secondary N) is 1. The number of β-lactam (4-membered cyclic amide) rings is 1. The topological polar surface area (TPSA) is 148 Å². The van der Waals surface area contributed by atoms with Crippen LogP contribution in [0.3, 0.4) is 0 Å². The first-order chi connectivity index (χ1) is 12.7. The van der Waals surface area contributed by atoms with Crippen molar-refractivity contribution in [2.75, 3.05) is 25.4 Å². The van der Waals surface area contributed by atoms with Gasteiger partial charge in [0, 0.05) is 24.8 Å². The molecule has 2 aliphatic heterocycles. The monoisotopic (exact) mass is 396 g/mol. The molecule has 0 aliphatic carbocycles. The van der Waals surface area contributed by atoms with Gasteiger partial charge in [0.25, 0.3) is 0 Å². The average molecular weight is 396 g/mol. The molecule has 1 fully saturated rings. The number of nitrogens with two attached hydrogens (primary N) is 2. The van der Waals surface area contributed by atoms with E-state index < -0.39 is 23.5 Å². The van der Waals surface area contributed by atoms with Crippen molar-refractivity contribution in [3.8, 4) is 12.3 Å². The van der Waals surface area contributed by atoms with Gasteiger partial charge in [0.1, 0.15) is 23.7 Å². The highest BCUT2D eigenvalue weighted by atomic mass is 32.2. The summed E-state index contributed by atoms with van der Waals surface area (Å²) in [5.74, 6) is 0.772. The number of terminal acetylenes is 1. The lowest BCUT2D eigenvalue weighted by Crippen LogP contribution is -2.71. The third kappa shape index (κ3) is 4.62. The number of carbonyl (C=O) groups excluding carboxylic acids is 2. The molecule has 0 aromatic heterocycles. The lowest BCUT2D eigenvalue weighted by atomic mass is 9.94. The molecule has 0 radical (unpaired) electrons. The molecule has 2 aliphatic rings. The number of hydrogen-bond acceptors (Lipinski definition) is 8. The van der Waals surface area contributed by atoms with Crippen LogP contribution < -0.4 is 16.8 Å². The van der Waals surface area contributed by atoms with Crippen LogP contribution in [0.15, 0.2) is 11.3 Å². The number of amides is 1. The van der Waals surface area contributed by atoms with E-state index in [2.05, 4.69) is 11.2 Å². The number of aliphatic carboxylic acids is 1. The van der Waals surface area contributed by atoms with Crippen LogP contribution in [-0.2, 0) is 19.1 Å². The van der Waals surface area contributed by atoms with Crippen molar-refractivity contribution in [1.29, 1.82) is 0 Å². The van der Waals surface area contributed by atoms with Crippen LogP contribution in [0, 0.1) is 12.3 Å². The van der Waals surface area contributed by atoms with Gasteiger partial charge >= 0.3 is 11.9 Å². The summed E-state index contributed by atoms with van der Waals surface area (Å²) in [5, 5.41) is 12.2. The zero-order chi connectivity index (χ0) is 20.2. The van der Waals surface area contributed by atoms with E-state index in [1.165, 1.54) is 23.6 Å². The number of carboxylic acid groups (broad SMARTS) is 1. The summed E-state index contributed by atoms with van der Waals surface area (Å²) < 4.78 is 4.90. The summed E-state index contributed by atoms with van der Waals surface area (Å²) in [7, 11) is 0. The quantitative estimate of drug-likeness (QED) is 0.215. The maximum Gasteiger partial charge on any atom is 0.352 e. The summed E-state index contributed by atoms with van der Waals surface area (Å²) in [4.78, 5) is 36.4. The van der Waals surface area contributed by atoms with Gasteiger partial charge in [-0.25, -0.2) is 4.79 Å². The molecule has 1 saturated heterocycles. The number of rotatable bonds is 9. The molecule has 148 valence electrons. The minimum absolute atomic E-state index is 0.123. The van der Waals surface area contributed by atoms with E-state index in [4.69, 9.17) is 22.6 Å². The molecule has 3 atom stereocenters. The third-order valence-corrected chi connectivity index (χ3v) is 5.79. The Kier molecular flexibility index (Phi) is 6.89. The molecule has 6 N–H and O–H groups in total. The molecular formula is C17H24N4O5S. The van der Waals surface area contributed by atoms with Gasteiger partial charge in [-0.15, -0.1) is 18.2 Å². The Bertz CT molecular complexity index is 704. The maximum absolute atomic E-state index is 12.5. The van der Waals surface area contributed by atoms with E-state index in [0.717, 1.165) is 0 Å². The first-order valence-corrected chi connectivity index (χ1v) is 9.52. The van der Waals surface area contributed by atoms with Crippen LogP contribution in [0.4, 0.5) is 0 Å². The van der Waals surface area contributed by atoms with Gasteiger partial charge in [0.2, 0.25) is 5.91 Å². The molecule has 3 unspecified atom stereocenters. The highest BCUT2D eigenvalue weighted by Crippen LogP contribution is 2.40. The molecular weight excluding hydrogens is 372 g/mol. The van der Waals surface area contributed by atoms with Gasteiger partial charge in [-0.1, -0.05) is 5.92 Å². The third-order valence-electron chi connectivity index (χ3n) is 4.45. The van der Waals surface area contributed by atoms with Crippen LogP contribution >= 0.6 is 11.8 Å². The molecule has 27 heavy (non-hydrogen) atoms. The van der Waals surface area contributed by atoms with E-state index >= 15 is 0 Å². The molecule has 10 heteroatoms.